The fraction of sp³-hybridized carbons (Fsp3) is 0.409. The molecule has 2 unspecified atom stereocenters. The molecule has 2 aliphatic rings. The maximum atomic E-state index is 10.8. The predicted molar refractivity (Wildman–Crippen MR) is 107 cm³/mol. The molecule has 7 heteroatoms. The predicted octanol–water partition coefficient (Wildman–Crippen LogP) is 0.796. The summed E-state index contributed by atoms with van der Waals surface area (Å²) >= 11 is 0. The van der Waals surface area contributed by atoms with E-state index in [-0.39, 0.29) is 0 Å². The lowest BCUT2D eigenvalue weighted by Crippen LogP contribution is -2.59. The molecular formula is C22H25NO6. The molecule has 1 saturated heterocycles. The molecule has 5 N–H and O–H groups in total. The number of ether oxygens (including phenoxy) is 1. The van der Waals surface area contributed by atoms with Gasteiger partial charge in [-0.05, 0) is 46.9 Å². The van der Waals surface area contributed by atoms with Crippen molar-refractivity contribution in [1.82, 2.24) is 0 Å². The molecular weight excluding hydrogens is 374 g/mol. The molecule has 29 heavy (non-hydrogen) atoms. The second-order valence-electron chi connectivity index (χ2n) is 7.67. The number of nitrogens with zero attached hydrogens (tertiary/aromatic N) is 1. The first-order chi connectivity index (χ1) is 13.9. The van der Waals surface area contributed by atoms with Crippen LogP contribution in [0.15, 0.2) is 41.4 Å². The highest BCUT2D eigenvalue weighted by atomic mass is 16.6. The zero-order valence-electron chi connectivity index (χ0n) is 16.0. The van der Waals surface area contributed by atoms with E-state index in [1.54, 1.807) is 6.07 Å². The zero-order chi connectivity index (χ0) is 20.7. The SMILES string of the molecule is Cc1cc(-c2ccc3c(c2)CC=N3)ccc1[C@@H](O)[C@H]1OC(CO)[C@@H](O)[C@H](O)C1O. The van der Waals surface area contributed by atoms with Crippen molar-refractivity contribution < 1.29 is 30.3 Å². The quantitative estimate of drug-likeness (QED) is 0.518. The molecule has 0 saturated carbocycles. The first-order valence-corrected chi connectivity index (χ1v) is 9.65. The van der Waals surface area contributed by atoms with Crippen molar-refractivity contribution in [2.75, 3.05) is 6.61 Å². The fourth-order valence-electron chi connectivity index (χ4n) is 4.05. The van der Waals surface area contributed by atoms with Gasteiger partial charge in [-0.25, -0.2) is 0 Å². The third kappa shape index (κ3) is 3.61. The Labute approximate surface area is 168 Å². The maximum absolute atomic E-state index is 10.8. The lowest BCUT2D eigenvalue weighted by molar-refractivity contribution is -0.250. The van der Waals surface area contributed by atoms with Crippen molar-refractivity contribution >= 4 is 11.9 Å². The Kier molecular flexibility index (Phi) is 5.52. The molecule has 0 amide bonds. The Balaban J connectivity index is 1.59. The van der Waals surface area contributed by atoms with Crippen molar-refractivity contribution in [2.24, 2.45) is 4.99 Å². The third-order valence-corrected chi connectivity index (χ3v) is 5.78. The summed E-state index contributed by atoms with van der Waals surface area (Å²) in [5, 5.41) is 50.4. The van der Waals surface area contributed by atoms with Crippen LogP contribution in [0, 0.1) is 6.92 Å². The lowest BCUT2D eigenvalue weighted by Gasteiger charge is -2.42. The molecule has 4 rings (SSSR count). The average Bonchev–Trinajstić information content (AvgIpc) is 3.19. The molecule has 154 valence electrons. The Morgan fingerprint density at radius 1 is 1.03 bits per heavy atom. The van der Waals surface area contributed by atoms with Gasteiger partial charge in [-0.2, -0.15) is 0 Å². The molecule has 0 radical (unpaired) electrons. The van der Waals surface area contributed by atoms with Crippen molar-refractivity contribution in [3.63, 3.8) is 0 Å². The fourth-order valence-corrected chi connectivity index (χ4v) is 4.05. The van der Waals surface area contributed by atoms with Crippen LogP contribution in [0.4, 0.5) is 5.69 Å². The minimum atomic E-state index is -1.52. The molecule has 0 aromatic heterocycles. The zero-order valence-corrected chi connectivity index (χ0v) is 16.0. The van der Waals surface area contributed by atoms with Crippen molar-refractivity contribution in [1.29, 1.82) is 0 Å². The number of fused-ring (bicyclic) bond motifs is 1. The summed E-state index contributed by atoms with van der Waals surface area (Å²) < 4.78 is 5.49. The monoisotopic (exact) mass is 399 g/mol. The normalized spacial score (nSPS) is 29.7. The lowest BCUT2D eigenvalue weighted by atomic mass is 9.87. The van der Waals surface area contributed by atoms with Gasteiger partial charge in [-0.3, -0.25) is 4.99 Å². The van der Waals surface area contributed by atoms with Gasteiger partial charge in [0.15, 0.2) is 0 Å². The molecule has 0 bridgehead atoms. The first-order valence-electron chi connectivity index (χ1n) is 9.65. The molecule has 2 aliphatic heterocycles. The molecule has 2 aromatic rings. The van der Waals surface area contributed by atoms with Gasteiger partial charge in [0.05, 0.1) is 12.3 Å². The Morgan fingerprint density at radius 2 is 1.76 bits per heavy atom. The topological polar surface area (TPSA) is 123 Å². The van der Waals surface area contributed by atoms with Gasteiger partial charge in [-0.1, -0.05) is 24.3 Å². The van der Waals surface area contributed by atoms with Crippen LogP contribution in [0.25, 0.3) is 11.1 Å². The number of aliphatic imine (C=N–C) groups is 1. The molecule has 2 aromatic carbocycles. The summed E-state index contributed by atoms with van der Waals surface area (Å²) in [7, 11) is 0. The number of hydrogen-bond donors (Lipinski definition) is 5. The molecule has 0 aliphatic carbocycles. The van der Waals surface area contributed by atoms with Crippen molar-refractivity contribution in [3.05, 3.63) is 53.1 Å². The van der Waals surface area contributed by atoms with Crippen LogP contribution >= 0.6 is 0 Å². The van der Waals surface area contributed by atoms with E-state index in [9.17, 15) is 25.5 Å². The number of rotatable bonds is 4. The second kappa shape index (κ2) is 7.95. The van der Waals surface area contributed by atoms with Gasteiger partial charge in [-0.15, -0.1) is 0 Å². The van der Waals surface area contributed by atoms with Gasteiger partial charge >= 0.3 is 0 Å². The maximum Gasteiger partial charge on any atom is 0.117 e. The highest BCUT2D eigenvalue weighted by Crippen LogP contribution is 2.34. The summed E-state index contributed by atoms with van der Waals surface area (Å²) in [6.07, 6.45) is -5.22. The van der Waals surface area contributed by atoms with E-state index in [1.807, 2.05) is 37.4 Å². The van der Waals surface area contributed by atoms with E-state index < -0.39 is 43.2 Å². The highest BCUT2D eigenvalue weighted by molar-refractivity contribution is 5.79. The first kappa shape index (κ1) is 20.2. The Bertz CT molecular complexity index is 928. The molecule has 6 atom stereocenters. The number of aryl methyl sites for hydroxylation is 1. The summed E-state index contributed by atoms with van der Waals surface area (Å²) in [5.41, 5.74) is 5.53. The highest BCUT2D eigenvalue weighted by Gasteiger charge is 2.46. The number of aliphatic hydroxyl groups is 5. The molecule has 7 nitrogen and oxygen atoms in total. The molecule has 0 spiro atoms. The van der Waals surface area contributed by atoms with Gasteiger partial charge in [0.25, 0.3) is 0 Å². The standard InChI is InChI=1S/C22H25NO6/c1-11-8-12(13-3-5-16-14(9-13)6-7-23-16)2-4-15(11)18(25)22-21(28)20(27)19(26)17(10-24)29-22/h2-5,7-9,17-22,24-28H,6,10H2,1H3/t17?,18-,19-,20+,21?,22-/m1/s1. The average molecular weight is 399 g/mol. The van der Waals surface area contributed by atoms with Crippen LogP contribution in [-0.2, 0) is 11.2 Å². The van der Waals surface area contributed by atoms with Crippen LogP contribution in [0.3, 0.4) is 0 Å². The minimum absolute atomic E-state index is 0.534. The van der Waals surface area contributed by atoms with Crippen LogP contribution in [0.5, 0.6) is 0 Å². The van der Waals surface area contributed by atoms with E-state index in [0.717, 1.165) is 28.8 Å². The smallest absolute Gasteiger partial charge is 0.117 e. The summed E-state index contributed by atoms with van der Waals surface area (Å²) in [6, 6.07) is 11.7. The van der Waals surface area contributed by atoms with E-state index in [1.165, 1.54) is 5.56 Å². The minimum Gasteiger partial charge on any atom is -0.394 e. The van der Waals surface area contributed by atoms with Gasteiger partial charge < -0.3 is 30.3 Å². The number of aliphatic hydroxyl groups excluding tert-OH is 5. The van der Waals surface area contributed by atoms with Gasteiger partial charge in [0, 0.05) is 12.6 Å². The number of benzene rings is 2. The summed E-state index contributed by atoms with van der Waals surface area (Å²) in [6.45, 7) is 1.32. The van der Waals surface area contributed by atoms with Gasteiger partial charge in [0.1, 0.15) is 36.6 Å². The van der Waals surface area contributed by atoms with Crippen molar-refractivity contribution in [3.8, 4) is 11.1 Å². The van der Waals surface area contributed by atoms with Crippen molar-refractivity contribution in [2.45, 2.75) is 50.0 Å². The van der Waals surface area contributed by atoms with Crippen LogP contribution in [0.1, 0.15) is 22.8 Å². The summed E-state index contributed by atoms with van der Waals surface area (Å²) in [4.78, 5) is 4.32. The van der Waals surface area contributed by atoms with E-state index in [2.05, 4.69) is 11.1 Å². The molecule has 1 fully saturated rings. The largest absolute Gasteiger partial charge is 0.394 e. The summed E-state index contributed by atoms with van der Waals surface area (Å²) in [5.74, 6) is 0. The van der Waals surface area contributed by atoms with E-state index >= 15 is 0 Å². The van der Waals surface area contributed by atoms with E-state index in [4.69, 9.17) is 4.74 Å². The van der Waals surface area contributed by atoms with Crippen LogP contribution in [0.2, 0.25) is 0 Å². The van der Waals surface area contributed by atoms with E-state index in [0.29, 0.717) is 5.56 Å². The van der Waals surface area contributed by atoms with Gasteiger partial charge in [0.2, 0.25) is 0 Å². The van der Waals surface area contributed by atoms with Crippen LogP contribution in [-0.4, -0.2) is 68.9 Å². The van der Waals surface area contributed by atoms with Crippen LogP contribution < -0.4 is 0 Å². The number of hydrogen-bond acceptors (Lipinski definition) is 7. The Hall–Kier alpha value is -2.13. The molecule has 2 heterocycles. The third-order valence-electron chi connectivity index (χ3n) is 5.78. The Morgan fingerprint density at radius 3 is 2.48 bits per heavy atom. The second-order valence-corrected chi connectivity index (χ2v) is 7.67.